The van der Waals surface area contributed by atoms with E-state index in [1.807, 2.05) is 24.4 Å². The summed E-state index contributed by atoms with van der Waals surface area (Å²) in [5, 5.41) is 2.83. The number of carbonyl (C=O) groups is 1. The minimum atomic E-state index is -0.223. The van der Waals surface area contributed by atoms with Gasteiger partial charge in [-0.1, -0.05) is 30.3 Å². The molecule has 0 spiro atoms. The van der Waals surface area contributed by atoms with Crippen LogP contribution in [0.25, 0.3) is 0 Å². The third-order valence-electron chi connectivity index (χ3n) is 3.43. The monoisotopic (exact) mass is 307 g/mol. The molecule has 0 aliphatic carbocycles. The van der Waals surface area contributed by atoms with E-state index in [1.165, 1.54) is 24.2 Å². The molecule has 0 unspecified atom stereocenters. The minimum absolute atomic E-state index is 0.223. The molecule has 2 heterocycles. The van der Waals surface area contributed by atoms with Gasteiger partial charge in [-0.25, -0.2) is 9.97 Å². The smallest absolute Gasteiger partial charge is 0.271 e. The van der Waals surface area contributed by atoms with E-state index < -0.39 is 0 Å². The highest BCUT2D eigenvalue weighted by Crippen LogP contribution is 2.06. The molecule has 0 aliphatic heterocycles. The lowest BCUT2D eigenvalue weighted by Crippen LogP contribution is -2.27. The quantitative estimate of drug-likeness (QED) is 0.752. The Labute approximate surface area is 134 Å². The topological polar surface area (TPSA) is 72.7 Å². The summed E-state index contributed by atoms with van der Waals surface area (Å²) in [6.07, 6.45) is 8.88. The molecule has 116 valence electrons. The fourth-order valence-electron chi connectivity index (χ4n) is 2.29. The fraction of sp³-hybridized carbons (Fsp3) is 0.176. The molecule has 6 nitrogen and oxygen atoms in total. The Hall–Kier alpha value is -3.02. The van der Waals surface area contributed by atoms with Gasteiger partial charge in [-0.2, -0.15) is 0 Å². The molecule has 6 heteroatoms. The molecule has 23 heavy (non-hydrogen) atoms. The van der Waals surface area contributed by atoms with Gasteiger partial charge >= 0.3 is 0 Å². The first-order chi connectivity index (χ1) is 11.3. The van der Waals surface area contributed by atoms with Crippen molar-refractivity contribution in [2.75, 3.05) is 6.54 Å². The van der Waals surface area contributed by atoms with E-state index in [0.717, 1.165) is 12.4 Å². The van der Waals surface area contributed by atoms with E-state index in [1.54, 1.807) is 6.20 Å². The molecular formula is C17H17N5O. The molecule has 2 aromatic heterocycles. The van der Waals surface area contributed by atoms with Crippen LogP contribution in [0.4, 0.5) is 0 Å². The summed E-state index contributed by atoms with van der Waals surface area (Å²) in [6.45, 7) is 1.27. The highest BCUT2D eigenvalue weighted by molar-refractivity contribution is 5.91. The van der Waals surface area contributed by atoms with E-state index in [9.17, 15) is 4.79 Å². The summed E-state index contributed by atoms with van der Waals surface area (Å²) < 4.78 is 2.09. The maximum atomic E-state index is 11.9. The Bertz CT molecular complexity index is 755. The van der Waals surface area contributed by atoms with Gasteiger partial charge in [-0.15, -0.1) is 0 Å². The lowest BCUT2D eigenvalue weighted by atomic mass is 10.2. The molecule has 1 aromatic carbocycles. The first kappa shape index (κ1) is 14.9. The van der Waals surface area contributed by atoms with Gasteiger partial charge in [-0.05, 0) is 5.56 Å². The number of imidazole rings is 1. The van der Waals surface area contributed by atoms with Gasteiger partial charge in [-0.3, -0.25) is 9.78 Å². The molecule has 3 rings (SSSR count). The third kappa shape index (κ3) is 4.00. The van der Waals surface area contributed by atoms with Crippen LogP contribution in [-0.4, -0.2) is 32.0 Å². The second kappa shape index (κ2) is 7.31. The van der Waals surface area contributed by atoms with Crippen LogP contribution in [0.1, 0.15) is 21.9 Å². The Kier molecular flexibility index (Phi) is 4.73. The molecule has 0 aliphatic rings. The number of hydrogen-bond acceptors (Lipinski definition) is 4. The maximum Gasteiger partial charge on any atom is 0.271 e. The van der Waals surface area contributed by atoms with Crippen LogP contribution < -0.4 is 5.32 Å². The average molecular weight is 307 g/mol. The van der Waals surface area contributed by atoms with Crippen LogP contribution >= 0.6 is 0 Å². The van der Waals surface area contributed by atoms with Gasteiger partial charge in [0.05, 0.1) is 6.20 Å². The van der Waals surface area contributed by atoms with E-state index in [0.29, 0.717) is 18.7 Å². The van der Waals surface area contributed by atoms with E-state index in [-0.39, 0.29) is 5.91 Å². The van der Waals surface area contributed by atoms with Gasteiger partial charge in [0.25, 0.3) is 5.91 Å². The van der Waals surface area contributed by atoms with E-state index >= 15 is 0 Å². The highest BCUT2D eigenvalue weighted by atomic mass is 16.1. The van der Waals surface area contributed by atoms with Crippen molar-refractivity contribution in [1.29, 1.82) is 0 Å². The zero-order chi connectivity index (χ0) is 15.9. The maximum absolute atomic E-state index is 11.9. The lowest BCUT2D eigenvalue weighted by Gasteiger charge is -2.08. The van der Waals surface area contributed by atoms with Gasteiger partial charge < -0.3 is 9.88 Å². The SMILES string of the molecule is O=C(NCCc1nccn1Cc1ccccc1)c1cnccn1. The first-order valence-corrected chi connectivity index (χ1v) is 7.41. The normalized spacial score (nSPS) is 10.4. The molecule has 0 fully saturated rings. The predicted octanol–water partition coefficient (Wildman–Crippen LogP) is 1.69. The third-order valence-corrected chi connectivity index (χ3v) is 3.43. The van der Waals surface area contributed by atoms with Crippen molar-refractivity contribution in [1.82, 2.24) is 24.8 Å². The Morgan fingerprint density at radius 3 is 2.74 bits per heavy atom. The summed E-state index contributed by atoms with van der Waals surface area (Å²) in [6, 6.07) is 10.2. The first-order valence-electron chi connectivity index (χ1n) is 7.41. The zero-order valence-corrected chi connectivity index (χ0v) is 12.6. The molecule has 0 atom stereocenters. The van der Waals surface area contributed by atoms with Crippen LogP contribution in [-0.2, 0) is 13.0 Å². The van der Waals surface area contributed by atoms with Crippen LogP contribution in [0.3, 0.4) is 0 Å². The molecule has 1 amide bonds. The lowest BCUT2D eigenvalue weighted by molar-refractivity contribution is 0.0948. The molecule has 1 N–H and O–H groups in total. The van der Waals surface area contributed by atoms with Crippen molar-refractivity contribution >= 4 is 5.91 Å². The Morgan fingerprint density at radius 1 is 1.09 bits per heavy atom. The second-order valence-electron chi connectivity index (χ2n) is 5.05. The van der Waals surface area contributed by atoms with Crippen molar-refractivity contribution < 1.29 is 4.79 Å². The number of rotatable bonds is 6. The molecular weight excluding hydrogens is 290 g/mol. The molecule has 0 bridgehead atoms. The van der Waals surface area contributed by atoms with Crippen molar-refractivity contribution in [2.24, 2.45) is 0 Å². The fourth-order valence-corrected chi connectivity index (χ4v) is 2.29. The number of aromatic nitrogens is 4. The van der Waals surface area contributed by atoms with Crippen LogP contribution in [0, 0.1) is 0 Å². The molecule has 0 saturated carbocycles. The minimum Gasteiger partial charge on any atom is -0.350 e. The second-order valence-corrected chi connectivity index (χ2v) is 5.05. The summed E-state index contributed by atoms with van der Waals surface area (Å²) in [7, 11) is 0. The van der Waals surface area contributed by atoms with Crippen molar-refractivity contribution in [3.63, 3.8) is 0 Å². The number of benzene rings is 1. The van der Waals surface area contributed by atoms with Crippen LogP contribution in [0.15, 0.2) is 61.3 Å². The molecule has 0 radical (unpaired) electrons. The van der Waals surface area contributed by atoms with E-state index in [2.05, 4.69) is 37.0 Å². The number of hydrogen-bond donors (Lipinski definition) is 1. The van der Waals surface area contributed by atoms with Gasteiger partial charge in [0.2, 0.25) is 0 Å². The van der Waals surface area contributed by atoms with Crippen LogP contribution in [0.2, 0.25) is 0 Å². The van der Waals surface area contributed by atoms with Gasteiger partial charge in [0, 0.05) is 44.3 Å². The number of nitrogens with zero attached hydrogens (tertiary/aromatic N) is 4. The Balaban J connectivity index is 1.55. The van der Waals surface area contributed by atoms with Gasteiger partial charge in [0.1, 0.15) is 11.5 Å². The summed E-state index contributed by atoms with van der Waals surface area (Å²) in [5.41, 5.74) is 1.54. The summed E-state index contributed by atoms with van der Waals surface area (Å²) in [5.74, 6) is 0.715. The highest BCUT2D eigenvalue weighted by Gasteiger charge is 2.08. The number of amides is 1. The number of carbonyl (C=O) groups excluding carboxylic acids is 1. The van der Waals surface area contributed by atoms with E-state index in [4.69, 9.17) is 0 Å². The Morgan fingerprint density at radius 2 is 1.96 bits per heavy atom. The van der Waals surface area contributed by atoms with Crippen molar-refractivity contribution in [2.45, 2.75) is 13.0 Å². The van der Waals surface area contributed by atoms with Gasteiger partial charge in [0.15, 0.2) is 0 Å². The molecule has 3 aromatic rings. The largest absolute Gasteiger partial charge is 0.350 e. The molecule has 0 saturated heterocycles. The van der Waals surface area contributed by atoms with Crippen LogP contribution in [0.5, 0.6) is 0 Å². The zero-order valence-electron chi connectivity index (χ0n) is 12.6. The van der Waals surface area contributed by atoms with Crippen molar-refractivity contribution in [3.05, 3.63) is 78.4 Å². The summed E-state index contributed by atoms with van der Waals surface area (Å²) in [4.78, 5) is 24.1. The van der Waals surface area contributed by atoms with Crippen molar-refractivity contribution in [3.8, 4) is 0 Å². The predicted molar refractivity (Wildman–Crippen MR) is 85.8 cm³/mol. The summed E-state index contributed by atoms with van der Waals surface area (Å²) >= 11 is 0. The average Bonchev–Trinajstić information content (AvgIpc) is 3.03. The standard InChI is InChI=1S/C17H17N5O/c23-17(15-12-18-8-9-19-15)21-7-6-16-20-10-11-22(16)13-14-4-2-1-3-5-14/h1-5,8-12H,6-7,13H2,(H,21,23). The number of nitrogens with one attached hydrogen (secondary N) is 1.